The number of halogens is 2. The molecule has 0 saturated heterocycles. The lowest BCUT2D eigenvalue weighted by atomic mass is 10.1. The second kappa shape index (κ2) is 4.96. The molecule has 0 bridgehead atoms. The number of benzene rings is 1. The second-order valence-corrected chi connectivity index (χ2v) is 5.43. The van der Waals surface area contributed by atoms with Crippen molar-refractivity contribution >= 4 is 44.9 Å². The number of hydrogen-bond donors (Lipinski definition) is 0. The van der Waals surface area contributed by atoms with Gasteiger partial charge in [-0.25, -0.2) is 4.98 Å². The van der Waals surface area contributed by atoms with E-state index in [0.29, 0.717) is 21.4 Å². The summed E-state index contributed by atoms with van der Waals surface area (Å²) in [7, 11) is 0. The molecule has 1 aliphatic heterocycles. The van der Waals surface area contributed by atoms with E-state index in [9.17, 15) is 9.59 Å². The van der Waals surface area contributed by atoms with E-state index in [-0.39, 0.29) is 11.7 Å². The molecule has 0 N–H and O–H groups in total. The van der Waals surface area contributed by atoms with Gasteiger partial charge in [0.15, 0.2) is 0 Å². The molecule has 1 aliphatic rings. The summed E-state index contributed by atoms with van der Waals surface area (Å²) >= 11 is 8.96. The van der Waals surface area contributed by atoms with Crippen molar-refractivity contribution in [1.29, 1.82) is 0 Å². The monoisotopic (exact) mass is 351 g/mol. The van der Waals surface area contributed by atoms with Crippen LogP contribution in [0, 0.1) is 0 Å². The van der Waals surface area contributed by atoms with Gasteiger partial charge in [-0.2, -0.15) is 0 Å². The summed E-state index contributed by atoms with van der Waals surface area (Å²) < 4.78 is 0.609. The molecule has 7 heteroatoms. The zero-order chi connectivity index (χ0) is 14.3. The Bertz CT molecular complexity index is 718. The van der Waals surface area contributed by atoms with E-state index in [0.717, 1.165) is 0 Å². The highest BCUT2D eigenvalue weighted by molar-refractivity contribution is 9.10. The van der Waals surface area contributed by atoms with E-state index in [4.69, 9.17) is 11.6 Å². The van der Waals surface area contributed by atoms with Gasteiger partial charge in [-0.15, -0.1) is 0 Å². The van der Waals surface area contributed by atoms with Crippen molar-refractivity contribution in [1.82, 2.24) is 9.97 Å². The molecular weight excluding hydrogens is 346 g/mol. The number of amides is 1. The number of hydrogen-bond acceptors (Lipinski definition) is 4. The molecule has 0 atom stereocenters. The topological polar surface area (TPSA) is 63.2 Å². The van der Waals surface area contributed by atoms with Gasteiger partial charge >= 0.3 is 0 Å². The first-order chi connectivity index (χ1) is 9.58. The van der Waals surface area contributed by atoms with Crippen molar-refractivity contribution in [3.05, 3.63) is 51.5 Å². The molecule has 2 heterocycles. The minimum Gasteiger partial charge on any atom is -0.299 e. The van der Waals surface area contributed by atoms with Crippen molar-refractivity contribution in [2.75, 3.05) is 4.90 Å². The Morgan fingerprint density at radius 1 is 1.20 bits per heavy atom. The highest BCUT2D eigenvalue weighted by atomic mass is 79.9. The van der Waals surface area contributed by atoms with Gasteiger partial charge in [-0.05, 0) is 28.1 Å². The van der Waals surface area contributed by atoms with Crippen molar-refractivity contribution < 1.29 is 9.59 Å². The van der Waals surface area contributed by atoms with Gasteiger partial charge < -0.3 is 0 Å². The second-order valence-electron chi connectivity index (χ2n) is 4.18. The molecule has 5 nitrogen and oxygen atoms in total. The SMILES string of the molecule is O=C1C(=O)N(Cc2cnc(Cl)cn2)c2cccc(Br)c21. The van der Waals surface area contributed by atoms with Crippen LogP contribution in [0.2, 0.25) is 5.15 Å². The normalized spacial score (nSPS) is 13.8. The predicted molar refractivity (Wildman–Crippen MR) is 76.7 cm³/mol. The number of carbonyl (C=O) groups is 2. The average molecular weight is 353 g/mol. The fourth-order valence-corrected chi connectivity index (χ4v) is 2.67. The summed E-state index contributed by atoms with van der Waals surface area (Å²) in [6.45, 7) is 0.179. The Hall–Kier alpha value is -1.79. The van der Waals surface area contributed by atoms with Crippen LogP contribution in [-0.4, -0.2) is 21.7 Å². The lowest BCUT2D eigenvalue weighted by Crippen LogP contribution is -2.29. The van der Waals surface area contributed by atoms with Crippen LogP contribution >= 0.6 is 27.5 Å². The zero-order valence-electron chi connectivity index (χ0n) is 10.0. The number of nitrogens with zero attached hydrogens (tertiary/aromatic N) is 3. The number of Topliss-reactive ketones (excluding diaryl/α,β-unsaturated/α-hetero) is 1. The molecule has 0 aliphatic carbocycles. The van der Waals surface area contributed by atoms with Gasteiger partial charge in [0.1, 0.15) is 5.15 Å². The first kappa shape index (κ1) is 13.2. The van der Waals surface area contributed by atoms with Crippen LogP contribution in [0.1, 0.15) is 16.1 Å². The van der Waals surface area contributed by atoms with Crippen LogP contribution in [0.3, 0.4) is 0 Å². The fourth-order valence-electron chi connectivity index (χ4n) is 2.04. The molecule has 1 amide bonds. The highest BCUT2D eigenvalue weighted by Gasteiger charge is 2.37. The summed E-state index contributed by atoms with van der Waals surface area (Å²) in [4.78, 5) is 33.4. The molecule has 0 saturated carbocycles. The van der Waals surface area contributed by atoms with E-state index in [1.54, 1.807) is 18.2 Å². The number of rotatable bonds is 2. The Balaban J connectivity index is 1.99. The lowest BCUT2D eigenvalue weighted by molar-refractivity contribution is -0.114. The standard InChI is InChI=1S/C13H7BrClN3O2/c14-8-2-1-3-9-11(8)12(19)13(20)18(9)6-7-4-17-10(15)5-16-7/h1-5H,6H2. The van der Waals surface area contributed by atoms with E-state index >= 15 is 0 Å². The molecule has 0 unspecified atom stereocenters. The largest absolute Gasteiger partial charge is 0.299 e. The number of fused-ring (bicyclic) bond motifs is 1. The van der Waals surface area contributed by atoms with Gasteiger partial charge in [0.25, 0.3) is 11.7 Å². The van der Waals surface area contributed by atoms with E-state index in [2.05, 4.69) is 25.9 Å². The third-order valence-corrected chi connectivity index (χ3v) is 3.80. The van der Waals surface area contributed by atoms with E-state index in [1.165, 1.54) is 17.3 Å². The first-order valence-corrected chi connectivity index (χ1v) is 6.86. The number of aromatic nitrogens is 2. The van der Waals surface area contributed by atoms with Crippen LogP contribution in [0.25, 0.3) is 0 Å². The summed E-state index contributed by atoms with van der Waals surface area (Å²) in [6.07, 6.45) is 2.89. The maximum absolute atomic E-state index is 12.1. The first-order valence-electron chi connectivity index (χ1n) is 5.69. The Labute approximate surface area is 127 Å². The van der Waals surface area contributed by atoms with Crippen LogP contribution < -0.4 is 4.90 Å². The van der Waals surface area contributed by atoms with E-state index < -0.39 is 11.7 Å². The third kappa shape index (κ3) is 2.10. The smallest absolute Gasteiger partial charge is 0.299 e. The summed E-state index contributed by atoms with van der Waals surface area (Å²) in [6, 6.07) is 5.23. The van der Waals surface area contributed by atoms with Crippen molar-refractivity contribution in [3.8, 4) is 0 Å². The number of anilines is 1. The lowest BCUT2D eigenvalue weighted by Gasteiger charge is -2.15. The van der Waals surface area contributed by atoms with Gasteiger partial charge in [0.05, 0.1) is 35.9 Å². The van der Waals surface area contributed by atoms with Crippen LogP contribution in [0.5, 0.6) is 0 Å². The molecule has 0 radical (unpaired) electrons. The summed E-state index contributed by atoms with van der Waals surface area (Å²) in [5.41, 5.74) is 1.52. The van der Waals surface area contributed by atoms with E-state index in [1.807, 2.05) is 0 Å². The molecule has 1 aromatic heterocycles. The maximum Gasteiger partial charge on any atom is 0.299 e. The molecule has 20 heavy (non-hydrogen) atoms. The van der Waals surface area contributed by atoms with Crippen molar-refractivity contribution in [3.63, 3.8) is 0 Å². The van der Waals surface area contributed by atoms with Crippen LogP contribution in [0.4, 0.5) is 5.69 Å². The minimum absolute atomic E-state index is 0.179. The van der Waals surface area contributed by atoms with Gasteiger partial charge in [-0.3, -0.25) is 19.5 Å². The molecular formula is C13H7BrClN3O2. The van der Waals surface area contributed by atoms with Crippen molar-refractivity contribution in [2.45, 2.75) is 6.54 Å². The van der Waals surface area contributed by atoms with Gasteiger partial charge in [0, 0.05) is 4.47 Å². The molecule has 3 rings (SSSR count). The Kier molecular flexibility index (Phi) is 3.27. The Morgan fingerprint density at radius 2 is 2.00 bits per heavy atom. The summed E-state index contributed by atoms with van der Waals surface area (Å²) in [5.74, 6) is -1.09. The highest BCUT2D eigenvalue weighted by Crippen LogP contribution is 2.34. The predicted octanol–water partition coefficient (Wildman–Crippen LogP) is 2.62. The van der Waals surface area contributed by atoms with Gasteiger partial charge in [-0.1, -0.05) is 17.7 Å². The van der Waals surface area contributed by atoms with Crippen LogP contribution in [-0.2, 0) is 11.3 Å². The quantitative estimate of drug-likeness (QED) is 0.780. The number of ketones is 1. The minimum atomic E-state index is -0.566. The molecule has 0 spiro atoms. The fraction of sp³-hybridized carbons (Fsp3) is 0.0769. The van der Waals surface area contributed by atoms with Gasteiger partial charge in [0.2, 0.25) is 0 Å². The molecule has 1 aromatic carbocycles. The molecule has 2 aromatic rings. The third-order valence-electron chi connectivity index (χ3n) is 2.94. The van der Waals surface area contributed by atoms with Crippen molar-refractivity contribution in [2.24, 2.45) is 0 Å². The molecule has 0 fully saturated rings. The molecule has 100 valence electrons. The Morgan fingerprint density at radius 3 is 2.70 bits per heavy atom. The zero-order valence-corrected chi connectivity index (χ0v) is 12.3. The summed E-state index contributed by atoms with van der Waals surface area (Å²) in [5, 5.41) is 0.278. The average Bonchev–Trinajstić information content (AvgIpc) is 2.67. The van der Waals surface area contributed by atoms with Crippen LogP contribution in [0.15, 0.2) is 35.1 Å². The number of carbonyl (C=O) groups excluding carboxylic acids is 2. The maximum atomic E-state index is 12.1.